The highest BCUT2D eigenvalue weighted by Crippen LogP contribution is 2.24. The lowest BCUT2D eigenvalue weighted by molar-refractivity contribution is -0.119. The van der Waals surface area contributed by atoms with Crippen molar-refractivity contribution in [1.29, 1.82) is 0 Å². The topological polar surface area (TPSA) is 101 Å². The summed E-state index contributed by atoms with van der Waals surface area (Å²) in [5.74, 6) is 1.19. The predicted octanol–water partition coefficient (Wildman–Crippen LogP) is 3.65. The van der Waals surface area contributed by atoms with E-state index in [0.717, 1.165) is 16.8 Å². The van der Waals surface area contributed by atoms with Crippen LogP contribution in [0.4, 0.5) is 0 Å². The molecule has 31 heavy (non-hydrogen) atoms. The van der Waals surface area contributed by atoms with E-state index in [2.05, 4.69) is 30.7 Å². The molecule has 0 aliphatic carbocycles. The van der Waals surface area contributed by atoms with E-state index < -0.39 is 6.04 Å². The third-order valence-corrected chi connectivity index (χ3v) is 5.94. The standard InChI is InChI=1S/C21H20ClN7OS/c1-13-8-9-16(10-17(13)22)29-12-23-28-21(29)31-11-18(30)25-19(15-6-4-3-5-7-15)20-24-14(2)26-27-20/h3-10,12,19H,11H2,1-2H3,(H,25,30)(H,24,26,27)/t19-/m1/s1. The number of aryl methyl sites for hydroxylation is 2. The number of nitrogens with one attached hydrogen (secondary N) is 2. The summed E-state index contributed by atoms with van der Waals surface area (Å²) in [6.07, 6.45) is 1.60. The molecule has 8 nitrogen and oxygen atoms in total. The van der Waals surface area contributed by atoms with E-state index in [4.69, 9.17) is 11.6 Å². The molecule has 0 bridgehead atoms. The van der Waals surface area contributed by atoms with E-state index in [0.29, 0.717) is 21.8 Å². The smallest absolute Gasteiger partial charge is 0.231 e. The van der Waals surface area contributed by atoms with Crippen LogP contribution < -0.4 is 5.32 Å². The average molecular weight is 454 g/mol. The van der Waals surface area contributed by atoms with Crippen LogP contribution in [0.15, 0.2) is 60.0 Å². The van der Waals surface area contributed by atoms with Crippen molar-refractivity contribution in [3.8, 4) is 5.69 Å². The number of hydrogen-bond donors (Lipinski definition) is 2. The predicted molar refractivity (Wildman–Crippen MR) is 119 cm³/mol. The fourth-order valence-corrected chi connectivity index (χ4v) is 3.91. The maximum Gasteiger partial charge on any atom is 0.231 e. The Labute approximate surface area is 188 Å². The first kappa shape index (κ1) is 21.1. The molecule has 0 radical (unpaired) electrons. The van der Waals surface area contributed by atoms with Gasteiger partial charge in [-0.25, -0.2) is 4.98 Å². The highest BCUT2D eigenvalue weighted by Gasteiger charge is 2.21. The number of carbonyl (C=O) groups is 1. The van der Waals surface area contributed by atoms with Crippen LogP contribution in [0.2, 0.25) is 5.02 Å². The van der Waals surface area contributed by atoms with Crippen molar-refractivity contribution in [2.45, 2.75) is 25.0 Å². The third-order valence-electron chi connectivity index (χ3n) is 4.59. The Kier molecular flexibility index (Phi) is 6.34. The summed E-state index contributed by atoms with van der Waals surface area (Å²) < 4.78 is 1.80. The van der Waals surface area contributed by atoms with E-state index in [9.17, 15) is 4.79 Å². The summed E-state index contributed by atoms with van der Waals surface area (Å²) in [5.41, 5.74) is 2.72. The Hall–Kier alpha value is -3.17. The lowest BCUT2D eigenvalue weighted by Crippen LogP contribution is -2.31. The first-order valence-electron chi connectivity index (χ1n) is 9.54. The van der Waals surface area contributed by atoms with E-state index in [1.807, 2.05) is 62.4 Å². The van der Waals surface area contributed by atoms with Crippen molar-refractivity contribution < 1.29 is 4.79 Å². The van der Waals surface area contributed by atoms with E-state index >= 15 is 0 Å². The largest absolute Gasteiger partial charge is 0.341 e. The molecular formula is C21H20ClN7OS. The number of carbonyl (C=O) groups excluding carboxylic acids is 1. The maximum atomic E-state index is 12.8. The zero-order chi connectivity index (χ0) is 21.8. The molecule has 2 aromatic carbocycles. The molecule has 0 aliphatic rings. The Morgan fingerprint density at radius 1 is 1.23 bits per heavy atom. The average Bonchev–Trinajstić information content (AvgIpc) is 3.42. The number of amides is 1. The van der Waals surface area contributed by atoms with Gasteiger partial charge in [0.25, 0.3) is 0 Å². The van der Waals surface area contributed by atoms with E-state index in [1.165, 1.54) is 11.8 Å². The molecule has 1 atom stereocenters. The van der Waals surface area contributed by atoms with Gasteiger partial charge in [-0.2, -0.15) is 5.10 Å². The molecule has 2 heterocycles. The second-order valence-electron chi connectivity index (χ2n) is 6.90. The van der Waals surface area contributed by atoms with Gasteiger partial charge in [0.1, 0.15) is 18.2 Å². The minimum atomic E-state index is -0.451. The monoisotopic (exact) mass is 453 g/mol. The van der Waals surface area contributed by atoms with Crippen LogP contribution in [0.25, 0.3) is 5.69 Å². The van der Waals surface area contributed by atoms with Gasteiger partial charge in [0, 0.05) is 5.02 Å². The molecular weight excluding hydrogens is 434 g/mol. The van der Waals surface area contributed by atoms with Crippen LogP contribution >= 0.6 is 23.4 Å². The second-order valence-corrected chi connectivity index (χ2v) is 8.25. The van der Waals surface area contributed by atoms with Gasteiger partial charge < -0.3 is 5.32 Å². The third kappa shape index (κ3) is 4.95. The number of halogens is 1. The van der Waals surface area contributed by atoms with Crippen molar-refractivity contribution in [2.24, 2.45) is 0 Å². The highest BCUT2D eigenvalue weighted by molar-refractivity contribution is 7.99. The van der Waals surface area contributed by atoms with Crippen LogP contribution in [0.3, 0.4) is 0 Å². The van der Waals surface area contributed by atoms with E-state index in [1.54, 1.807) is 10.9 Å². The number of aromatic nitrogens is 6. The first-order valence-corrected chi connectivity index (χ1v) is 10.9. The molecule has 0 saturated carbocycles. The number of rotatable bonds is 7. The zero-order valence-corrected chi connectivity index (χ0v) is 18.5. The van der Waals surface area contributed by atoms with Gasteiger partial charge in [-0.15, -0.1) is 10.2 Å². The van der Waals surface area contributed by atoms with Gasteiger partial charge in [-0.3, -0.25) is 14.5 Å². The lowest BCUT2D eigenvalue weighted by atomic mass is 10.1. The van der Waals surface area contributed by atoms with Crippen molar-refractivity contribution in [3.63, 3.8) is 0 Å². The fourth-order valence-electron chi connectivity index (χ4n) is 3.00. The molecule has 2 N–H and O–H groups in total. The molecule has 0 saturated heterocycles. The van der Waals surface area contributed by atoms with Crippen molar-refractivity contribution >= 4 is 29.3 Å². The number of aromatic amines is 1. The Balaban J connectivity index is 1.47. The molecule has 158 valence electrons. The summed E-state index contributed by atoms with van der Waals surface area (Å²) >= 11 is 7.54. The molecule has 4 rings (SSSR count). The first-order chi connectivity index (χ1) is 15.0. The maximum absolute atomic E-state index is 12.8. The van der Waals surface area contributed by atoms with Crippen molar-refractivity contribution in [2.75, 3.05) is 5.75 Å². The minimum Gasteiger partial charge on any atom is -0.341 e. The summed E-state index contributed by atoms with van der Waals surface area (Å²) in [4.78, 5) is 17.2. The van der Waals surface area contributed by atoms with Crippen LogP contribution in [0.1, 0.15) is 28.8 Å². The van der Waals surface area contributed by atoms with Gasteiger partial charge in [0.2, 0.25) is 5.91 Å². The van der Waals surface area contributed by atoms with Gasteiger partial charge in [-0.1, -0.05) is 59.8 Å². The number of thioether (sulfide) groups is 1. The summed E-state index contributed by atoms with van der Waals surface area (Å²) in [6.45, 7) is 3.76. The molecule has 0 unspecified atom stereocenters. The van der Waals surface area contributed by atoms with Gasteiger partial charge >= 0.3 is 0 Å². The number of H-pyrrole nitrogens is 1. The van der Waals surface area contributed by atoms with Gasteiger partial charge in [0.15, 0.2) is 11.0 Å². The molecule has 2 aromatic heterocycles. The van der Waals surface area contributed by atoms with Gasteiger partial charge in [0.05, 0.1) is 11.4 Å². The molecule has 0 spiro atoms. The molecule has 10 heteroatoms. The lowest BCUT2D eigenvalue weighted by Gasteiger charge is -2.16. The Morgan fingerprint density at radius 2 is 2.03 bits per heavy atom. The number of nitrogens with zero attached hydrogens (tertiary/aromatic N) is 5. The van der Waals surface area contributed by atoms with Crippen LogP contribution in [0.5, 0.6) is 0 Å². The summed E-state index contributed by atoms with van der Waals surface area (Å²) in [6, 6.07) is 14.9. The molecule has 0 aliphatic heterocycles. The van der Waals surface area contributed by atoms with Crippen molar-refractivity contribution in [3.05, 3.63) is 82.7 Å². The quantitative estimate of drug-likeness (QED) is 0.414. The minimum absolute atomic E-state index is 0.158. The number of benzene rings is 2. The van der Waals surface area contributed by atoms with Gasteiger partial charge in [-0.05, 0) is 37.1 Å². The fraction of sp³-hybridized carbons (Fsp3) is 0.190. The van der Waals surface area contributed by atoms with Crippen LogP contribution in [-0.4, -0.2) is 41.6 Å². The van der Waals surface area contributed by atoms with Crippen LogP contribution in [0, 0.1) is 13.8 Å². The SMILES string of the molecule is Cc1nc([C@H](NC(=O)CSc2nncn2-c2ccc(C)c(Cl)c2)c2ccccc2)n[nH]1. The molecule has 4 aromatic rings. The zero-order valence-electron chi connectivity index (χ0n) is 16.9. The van der Waals surface area contributed by atoms with E-state index in [-0.39, 0.29) is 11.7 Å². The Bertz CT molecular complexity index is 1190. The number of hydrogen-bond acceptors (Lipinski definition) is 6. The second kappa shape index (κ2) is 9.32. The highest BCUT2D eigenvalue weighted by atomic mass is 35.5. The Morgan fingerprint density at radius 3 is 2.74 bits per heavy atom. The summed E-state index contributed by atoms with van der Waals surface area (Å²) in [7, 11) is 0. The molecule has 1 amide bonds. The normalized spacial score (nSPS) is 12.0. The molecule has 0 fully saturated rings. The van der Waals surface area contributed by atoms with Crippen LogP contribution in [-0.2, 0) is 4.79 Å². The van der Waals surface area contributed by atoms with Crippen molar-refractivity contribution in [1.82, 2.24) is 35.3 Å². The summed E-state index contributed by atoms with van der Waals surface area (Å²) in [5, 5.41) is 19.5.